The number of ether oxygens (including phenoxy) is 1. The molecule has 0 atom stereocenters. The Balaban J connectivity index is 1.71. The summed E-state index contributed by atoms with van der Waals surface area (Å²) >= 11 is 0. The molecular formula is C29H26N4O2. The van der Waals surface area contributed by atoms with Gasteiger partial charge in [0.05, 0.1) is 12.3 Å². The first kappa shape index (κ1) is 23.5. The van der Waals surface area contributed by atoms with E-state index in [1.165, 1.54) is 0 Å². The van der Waals surface area contributed by atoms with E-state index >= 15 is 0 Å². The Kier molecular flexibility index (Phi) is 7.39. The Labute approximate surface area is 205 Å². The van der Waals surface area contributed by atoms with E-state index in [-0.39, 0.29) is 5.57 Å². The molecule has 6 nitrogen and oxygen atoms in total. The van der Waals surface area contributed by atoms with Crippen LogP contribution in [0.25, 0.3) is 23.0 Å². The van der Waals surface area contributed by atoms with E-state index in [1.807, 2.05) is 105 Å². The van der Waals surface area contributed by atoms with Crippen molar-refractivity contribution in [2.75, 3.05) is 6.61 Å². The molecule has 0 fully saturated rings. The minimum atomic E-state index is -0.433. The van der Waals surface area contributed by atoms with Crippen LogP contribution in [-0.4, -0.2) is 22.3 Å². The van der Waals surface area contributed by atoms with Gasteiger partial charge < -0.3 is 10.1 Å². The first-order valence-electron chi connectivity index (χ1n) is 11.4. The Bertz CT molecular complexity index is 1380. The van der Waals surface area contributed by atoms with Crippen molar-refractivity contribution in [2.24, 2.45) is 0 Å². The average molecular weight is 463 g/mol. The van der Waals surface area contributed by atoms with Crippen molar-refractivity contribution in [1.29, 1.82) is 5.26 Å². The average Bonchev–Trinajstić information content (AvgIpc) is 3.32. The molecule has 0 aliphatic rings. The molecule has 174 valence electrons. The quantitative estimate of drug-likeness (QED) is 0.278. The molecule has 0 radical (unpaired) electrons. The summed E-state index contributed by atoms with van der Waals surface area (Å²) in [4.78, 5) is 12.8. The second kappa shape index (κ2) is 11.0. The van der Waals surface area contributed by atoms with Crippen LogP contribution < -0.4 is 10.1 Å². The molecule has 35 heavy (non-hydrogen) atoms. The summed E-state index contributed by atoms with van der Waals surface area (Å²) in [6.07, 6.45) is 3.42. The van der Waals surface area contributed by atoms with E-state index < -0.39 is 5.91 Å². The lowest BCUT2D eigenvalue weighted by molar-refractivity contribution is -0.117. The molecule has 1 amide bonds. The Hall–Kier alpha value is -4.63. The summed E-state index contributed by atoms with van der Waals surface area (Å²) in [6.45, 7) is 4.85. The smallest absolute Gasteiger partial charge is 0.262 e. The predicted molar refractivity (Wildman–Crippen MR) is 137 cm³/mol. The molecule has 0 bridgehead atoms. The zero-order chi connectivity index (χ0) is 24.6. The molecule has 1 aromatic heterocycles. The molecule has 0 saturated heterocycles. The van der Waals surface area contributed by atoms with Gasteiger partial charge in [-0.25, -0.2) is 4.68 Å². The number of nitrogens with one attached hydrogen (secondary N) is 1. The second-order valence-corrected chi connectivity index (χ2v) is 7.96. The highest BCUT2D eigenvalue weighted by atomic mass is 16.5. The van der Waals surface area contributed by atoms with Crippen LogP contribution in [0.4, 0.5) is 0 Å². The van der Waals surface area contributed by atoms with Crippen molar-refractivity contribution in [2.45, 2.75) is 20.4 Å². The Morgan fingerprint density at radius 3 is 2.46 bits per heavy atom. The lowest BCUT2D eigenvalue weighted by Crippen LogP contribution is -2.23. The van der Waals surface area contributed by atoms with Gasteiger partial charge in [-0.05, 0) is 61.4 Å². The molecule has 0 aliphatic carbocycles. The van der Waals surface area contributed by atoms with Crippen LogP contribution in [0.5, 0.6) is 5.75 Å². The maximum atomic E-state index is 12.8. The van der Waals surface area contributed by atoms with Gasteiger partial charge >= 0.3 is 0 Å². The topological polar surface area (TPSA) is 79.9 Å². The fourth-order valence-electron chi connectivity index (χ4n) is 3.72. The highest BCUT2D eigenvalue weighted by Gasteiger charge is 2.16. The van der Waals surface area contributed by atoms with Crippen LogP contribution in [0.15, 0.2) is 90.6 Å². The number of rotatable bonds is 8. The number of nitriles is 1. The molecule has 1 heterocycles. The van der Waals surface area contributed by atoms with Gasteiger partial charge in [0, 0.05) is 23.9 Å². The van der Waals surface area contributed by atoms with Crippen molar-refractivity contribution in [1.82, 2.24) is 15.1 Å². The fourth-order valence-corrected chi connectivity index (χ4v) is 3.72. The first-order valence-corrected chi connectivity index (χ1v) is 11.4. The number of hydrogen-bond acceptors (Lipinski definition) is 4. The minimum absolute atomic E-state index is 0.0115. The highest BCUT2D eigenvalue weighted by molar-refractivity contribution is 6.02. The summed E-state index contributed by atoms with van der Waals surface area (Å²) in [6, 6.07) is 27.2. The highest BCUT2D eigenvalue weighted by Crippen LogP contribution is 2.30. The monoisotopic (exact) mass is 462 g/mol. The molecule has 0 spiro atoms. The molecule has 0 aliphatic heterocycles. The molecule has 1 N–H and O–H groups in total. The summed E-state index contributed by atoms with van der Waals surface area (Å²) in [5.41, 5.74) is 5.04. The SMILES string of the molecule is CCOc1ccc(-c2nn(-c3ccccc3)cc2/C=C(/C#N)C(=O)NCc2ccccc2)cc1C. The molecule has 4 aromatic rings. The zero-order valence-electron chi connectivity index (χ0n) is 19.7. The van der Waals surface area contributed by atoms with Crippen molar-refractivity contribution in [3.8, 4) is 28.8 Å². The van der Waals surface area contributed by atoms with E-state index in [1.54, 1.807) is 10.8 Å². The van der Waals surface area contributed by atoms with E-state index in [4.69, 9.17) is 9.84 Å². The third-order valence-electron chi connectivity index (χ3n) is 5.47. The zero-order valence-corrected chi connectivity index (χ0v) is 19.7. The van der Waals surface area contributed by atoms with Crippen LogP contribution in [0.1, 0.15) is 23.6 Å². The third kappa shape index (κ3) is 5.66. The number of carbonyl (C=O) groups excluding carboxylic acids is 1. The van der Waals surface area contributed by atoms with Crippen LogP contribution in [0, 0.1) is 18.3 Å². The third-order valence-corrected chi connectivity index (χ3v) is 5.47. The molecular weight excluding hydrogens is 436 g/mol. The number of aromatic nitrogens is 2. The van der Waals surface area contributed by atoms with Gasteiger partial charge in [0.25, 0.3) is 5.91 Å². The number of amides is 1. The van der Waals surface area contributed by atoms with E-state index in [2.05, 4.69) is 5.32 Å². The van der Waals surface area contributed by atoms with Crippen molar-refractivity contribution in [3.05, 3.63) is 107 Å². The van der Waals surface area contributed by atoms with Gasteiger partial charge in [0.15, 0.2) is 0 Å². The number of carbonyl (C=O) groups is 1. The summed E-state index contributed by atoms with van der Waals surface area (Å²) < 4.78 is 7.43. The number of aryl methyl sites for hydroxylation is 1. The van der Waals surface area contributed by atoms with E-state index in [0.29, 0.717) is 24.4 Å². The maximum absolute atomic E-state index is 12.8. The second-order valence-electron chi connectivity index (χ2n) is 7.96. The van der Waals surface area contributed by atoms with E-state index in [0.717, 1.165) is 28.1 Å². The number of hydrogen-bond donors (Lipinski definition) is 1. The first-order chi connectivity index (χ1) is 17.1. The van der Waals surface area contributed by atoms with Crippen LogP contribution >= 0.6 is 0 Å². The van der Waals surface area contributed by atoms with Gasteiger partial charge in [0.1, 0.15) is 23.1 Å². The summed E-state index contributed by atoms with van der Waals surface area (Å²) in [5, 5.41) is 17.4. The minimum Gasteiger partial charge on any atom is -0.494 e. The van der Waals surface area contributed by atoms with E-state index in [9.17, 15) is 10.1 Å². The molecule has 0 saturated carbocycles. The van der Waals surface area contributed by atoms with Crippen LogP contribution in [0.2, 0.25) is 0 Å². The van der Waals surface area contributed by atoms with Crippen molar-refractivity contribution < 1.29 is 9.53 Å². The maximum Gasteiger partial charge on any atom is 0.262 e. The number of para-hydroxylation sites is 1. The molecule has 6 heteroatoms. The molecule has 3 aromatic carbocycles. The fraction of sp³-hybridized carbons (Fsp3) is 0.138. The molecule has 4 rings (SSSR count). The van der Waals surface area contributed by atoms with Crippen molar-refractivity contribution >= 4 is 12.0 Å². The van der Waals surface area contributed by atoms with Gasteiger partial charge in [-0.3, -0.25) is 4.79 Å². The normalized spacial score (nSPS) is 11.1. The summed E-state index contributed by atoms with van der Waals surface area (Å²) in [5.74, 6) is 0.381. The Morgan fingerprint density at radius 1 is 1.09 bits per heavy atom. The number of nitrogens with zero attached hydrogens (tertiary/aromatic N) is 3. The number of benzene rings is 3. The van der Waals surface area contributed by atoms with Gasteiger partial charge in [-0.2, -0.15) is 10.4 Å². The van der Waals surface area contributed by atoms with Gasteiger partial charge in [-0.15, -0.1) is 0 Å². The largest absolute Gasteiger partial charge is 0.494 e. The van der Waals surface area contributed by atoms with Gasteiger partial charge in [0.2, 0.25) is 0 Å². The lowest BCUT2D eigenvalue weighted by atomic mass is 10.0. The lowest BCUT2D eigenvalue weighted by Gasteiger charge is -2.09. The molecule has 0 unspecified atom stereocenters. The summed E-state index contributed by atoms with van der Waals surface area (Å²) in [7, 11) is 0. The van der Waals surface area contributed by atoms with Gasteiger partial charge in [-0.1, -0.05) is 48.5 Å². The Morgan fingerprint density at radius 2 is 1.80 bits per heavy atom. The standard InChI is InChI=1S/C29H26N4O2/c1-3-35-27-15-14-23(16-21(27)2)28-25(20-33(32-28)26-12-8-5-9-13-26)17-24(18-30)29(34)31-19-22-10-6-4-7-11-22/h4-17,20H,3,19H2,1-2H3,(H,31,34)/b24-17-. The van der Waals surface area contributed by atoms with Crippen LogP contribution in [0.3, 0.4) is 0 Å². The van der Waals surface area contributed by atoms with Crippen LogP contribution in [-0.2, 0) is 11.3 Å². The van der Waals surface area contributed by atoms with Crippen molar-refractivity contribution in [3.63, 3.8) is 0 Å². The predicted octanol–water partition coefficient (Wildman–Crippen LogP) is 5.47.